The number of amides is 4. The van der Waals surface area contributed by atoms with E-state index in [0.29, 0.717) is 4.47 Å². The molecule has 0 aromatic heterocycles. The first-order valence-corrected chi connectivity index (χ1v) is 7.71. The third kappa shape index (κ3) is 2.84. The molecular weight excluding hydrogens is 364 g/mol. The van der Waals surface area contributed by atoms with Gasteiger partial charge in [0.15, 0.2) is 11.2 Å². The van der Waals surface area contributed by atoms with E-state index in [4.69, 9.17) is 0 Å². The standard InChI is InChI=1S/C16H15BrN2O4/c1-3-4-8-16(10(2)20)13(21)18-15(23)19(14(16)22)12-7-5-6-11(17)9-12/h3-7,9H,8H2,1-2H3,(H,18,21,23). The van der Waals surface area contributed by atoms with Gasteiger partial charge >= 0.3 is 6.03 Å². The highest BCUT2D eigenvalue weighted by atomic mass is 79.9. The van der Waals surface area contributed by atoms with Crippen LogP contribution in [0.1, 0.15) is 20.3 Å². The topological polar surface area (TPSA) is 83.6 Å². The predicted octanol–water partition coefficient (Wildman–Crippen LogP) is 2.57. The summed E-state index contributed by atoms with van der Waals surface area (Å²) in [4.78, 5) is 50.3. The van der Waals surface area contributed by atoms with Crippen LogP contribution in [0.5, 0.6) is 0 Å². The number of benzene rings is 1. The molecule has 1 N–H and O–H groups in total. The lowest BCUT2D eigenvalue weighted by Gasteiger charge is -2.37. The second-order valence-corrected chi connectivity index (χ2v) is 6.03. The number of hydrogen-bond donors (Lipinski definition) is 1. The van der Waals surface area contributed by atoms with Crippen molar-refractivity contribution in [2.24, 2.45) is 5.41 Å². The molecule has 0 aliphatic carbocycles. The summed E-state index contributed by atoms with van der Waals surface area (Å²) in [7, 11) is 0. The van der Waals surface area contributed by atoms with Gasteiger partial charge in [0.2, 0.25) is 0 Å². The summed E-state index contributed by atoms with van der Waals surface area (Å²) in [5, 5.41) is 2.12. The van der Waals surface area contributed by atoms with Crippen LogP contribution in [0.2, 0.25) is 0 Å². The van der Waals surface area contributed by atoms with Crippen LogP contribution in [0.3, 0.4) is 0 Å². The number of anilines is 1. The van der Waals surface area contributed by atoms with Gasteiger partial charge in [0, 0.05) is 4.47 Å². The normalized spacial score (nSPS) is 21.7. The lowest BCUT2D eigenvalue weighted by molar-refractivity contribution is -0.149. The maximum Gasteiger partial charge on any atom is 0.335 e. The quantitative estimate of drug-likeness (QED) is 0.644. The Kier molecular flexibility index (Phi) is 4.79. The first-order valence-electron chi connectivity index (χ1n) is 6.92. The average Bonchev–Trinajstić information content (AvgIpc) is 2.47. The molecule has 1 fully saturated rings. The van der Waals surface area contributed by atoms with Crippen LogP contribution in [0.15, 0.2) is 40.9 Å². The Balaban J connectivity index is 2.57. The van der Waals surface area contributed by atoms with Crippen molar-refractivity contribution < 1.29 is 19.2 Å². The molecule has 0 saturated carbocycles. The van der Waals surface area contributed by atoms with Crippen molar-refractivity contribution in [3.8, 4) is 0 Å². The first-order chi connectivity index (χ1) is 10.8. The number of rotatable bonds is 4. The van der Waals surface area contributed by atoms with Crippen LogP contribution in [0.25, 0.3) is 0 Å². The van der Waals surface area contributed by atoms with Crippen LogP contribution < -0.4 is 10.2 Å². The molecule has 2 rings (SSSR count). The van der Waals surface area contributed by atoms with E-state index in [1.807, 2.05) is 0 Å². The lowest BCUT2D eigenvalue weighted by Crippen LogP contribution is -2.66. The molecule has 1 heterocycles. The number of allylic oxidation sites excluding steroid dienone is 2. The molecule has 120 valence electrons. The van der Waals surface area contributed by atoms with E-state index in [2.05, 4.69) is 21.2 Å². The van der Waals surface area contributed by atoms with Gasteiger partial charge in [0.25, 0.3) is 11.8 Å². The zero-order valence-corrected chi connectivity index (χ0v) is 14.2. The first kappa shape index (κ1) is 17.1. The molecule has 1 unspecified atom stereocenters. The monoisotopic (exact) mass is 378 g/mol. The number of halogens is 1. The van der Waals surface area contributed by atoms with Crippen molar-refractivity contribution >= 4 is 45.2 Å². The Morgan fingerprint density at radius 1 is 1.35 bits per heavy atom. The van der Waals surface area contributed by atoms with E-state index in [1.54, 1.807) is 43.3 Å². The van der Waals surface area contributed by atoms with Crippen LogP contribution in [0.4, 0.5) is 10.5 Å². The van der Waals surface area contributed by atoms with Gasteiger partial charge in [-0.1, -0.05) is 34.1 Å². The number of hydrogen-bond acceptors (Lipinski definition) is 4. The summed E-state index contributed by atoms with van der Waals surface area (Å²) in [6.45, 7) is 2.89. The van der Waals surface area contributed by atoms with E-state index >= 15 is 0 Å². The van der Waals surface area contributed by atoms with Crippen molar-refractivity contribution in [2.75, 3.05) is 4.90 Å². The molecule has 6 nitrogen and oxygen atoms in total. The van der Waals surface area contributed by atoms with Gasteiger partial charge in [-0.25, -0.2) is 9.69 Å². The fraction of sp³-hybridized carbons (Fsp3) is 0.250. The molecule has 23 heavy (non-hydrogen) atoms. The van der Waals surface area contributed by atoms with Gasteiger partial charge in [0.1, 0.15) is 0 Å². The van der Waals surface area contributed by atoms with Crippen LogP contribution >= 0.6 is 15.9 Å². The van der Waals surface area contributed by atoms with E-state index in [-0.39, 0.29) is 12.1 Å². The maximum absolute atomic E-state index is 12.9. The maximum atomic E-state index is 12.9. The van der Waals surface area contributed by atoms with Gasteiger partial charge in [0.05, 0.1) is 5.69 Å². The third-order valence-corrected chi connectivity index (χ3v) is 4.20. The molecule has 1 saturated heterocycles. The number of carbonyl (C=O) groups is 4. The van der Waals surface area contributed by atoms with E-state index in [1.165, 1.54) is 6.92 Å². The Labute approximate surface area is 141 Å². The van der Waals surface area contributed by atoms with Crippen molar-refractivity contribution in [1.29, 1.82) is 0 Å². The summed E-state index contributed by atoms with van der Waals surface area (Å²) >= 11 is 3.27. The number of urea groups is 1. The van der Waals surface area contributed by atoms with E-state index in [9.17, 15) is 19.2 Å². The number of ketones is 1. The van der Waals surface area contributed by atoms with Crippen molar-refractivity contribution in [3.63, 3.8) is 0 Å². The fourth-order valence-electron chi connectivity index (χ4n) is 2.42. The Morgan fingerprint density at radius 2 is 2.04 bits per heavy atom. The van der Waals surface area contributed by atoms with Gasteiger partial charge in [-0.3, -0.25) is 19.7 Å². The highest BCUT2D eigenvalue weighted by Crippen LogP contribution is 2.34. The number of nitrogens with zero attached hydrogens (tertiary/aromatic N) is 1. The number of barbiturate groups is 1. The van der Waals surface area contributed by atoms with Crippen molar-refractivity contribution in [3.05, 3.63) is 40.9 Å². The molecule has 1 aromatic carbocycles. The Bertz CT molecular complexity index is 729. The van der Waals surface area contributed by atoms with Crippen molar-refractivity contribution in [2.45, 2.75) is 20.3 Å². The molecule has 7 heteroatoms. The number of imide groups is 2. The highest BCUT2D eigenvalue weighted by molar-refractivity contribution is 9.10. The zero-order chi connectivity index (χ0) is 17.2. The average molecular weight is 379 g/mol. The summed E-state index contributed by atoms with van der Waals surface area (Å²) in [5.74, 6) is -2.33. The molecular formula is C16H15BrN2O4. The predicted molar refractivity (Wildman–Crippen MR) is 87.7 cm³/mol. The summed E-state index contributed by atoms with van der Waals surface area (Å²) in [6.07, 6.45) is 3.11. The van der Waals surface area contributed by atoms with Gasteiger partial charge in [-0.2, -0.15) is 0 Å². The SMILES string of the molecule is CC=CCC1(C(C)=O)C(=O)NC(=O)N(c2cccc(Br)c2)C1=O. The van der Waals surface area contributed by atoms with E-state index < -0.39 is 29.0 Å². The summed E-state index contributed by atoms with van der Waals surface area (Å²) < 4.78 is 0.661. The minimum Gasteiger partial charge on any atom is -0.298 e. The zero-order valence-electron chi connectivity index (χ0n) is 12.6. The lowest BCUT2D eigenvalue weighted by atomic mass is 9.76. The molecule has 4 amide bonds. The largest absolute Gasteiger partial charge is 0.335 e. The Hall–Kier alpha value is -2.28. The van der Waals surface area contributed by atoms with Crippen LogP contribution in [-0.4, -0.2) is 23.6 Å². The molecule has 1 aliphatic heterocycles. The number of nitrogens with one attached hydrogen (secondary N) is 1. The molecule has 1 aliphatic rings. The molecule has 0 bridgehead atoms. The minimum absolute atomic E-state index is 0.0959. The molecule has 0 spiro atoms. The second-order valence-electron chi connectivity index (χ2n) is 5.11. The van der Waals surface area contributed by atoms with Crippen LogP contribution in [0, 0.1) is 5.41 Å². The summed E-state index contributed by atoms with van der Waals surface area (Å²) in [5.41, 5.74) is -1.65. The molecule has 0 radical (unpaired) electrons. The summed E-state index contributed by atoms with van der Waals surface area (Å²) in [6, 6.07) is 5.64. The fourth-order valence-corrected chi connectivity index (χ4v) is 2.81. The van der Waals surface area contributed by atoms with Crippen molar-refractivity contribution in [1.82, 2.24) is 5.32 Å². The van der Waals surface area contributed by atoms with Gasteiger partial charge < -0.3 is 0 Å². The van der Waals surface area contributed by atoms with E-state index in [0.717, 1.165) is 4.90 Å². The smallest absolute Gasteiger partial charge is 0.298 e. The minimum atomic E-state index is -1.93. The molecule has 1 atom stereocenters. The third-order valence-electron chi connectivity index (χ3n) is 3.71. The van der Waals surface area contributed by atoms with Crippen LogP contribution in [-0.2, 0) is 14.4 Å². The number of carbonyl (C=O) groups excluding carboxylic acids is 4. The van der Waals surface area contributed by atoms with Gasteiger partial charge in [-0.05, 0) is 38.5 Å². The van der Waals surface area contributed by atoms with Gasteiger partial charge in [-0.15, -0.1) is 0 Å². The highest BCUT2D eigenvalue weighted by Gasteiger charge is 2.57. The Morgan fingerprint density at radius 3 is 2.61 bits per heavy atom. The number of Topliss-reactive ketones (excluding diaryl/α,β-unsaturated/α-hetero) is 1. The molecule has 1 aromatic rings. The second kappa shape index (κ2) is 6.45.